The lowest BCUT2D eigenvalue weighted by Gasteiger charge is -2.36. The predicted octanol–water partition coefficient (Wildman–Crippen LogP) is 3.69. The van der Waals surface area contributed by atoms with Crippen LogP contribution < -0.4 is 0 Å². The summed E-state index contributed by atoms with van der Waals surface area (Å²) in [5, 5.41) is 0. The highest BCUT2D eigenvalue weighted by atomic mass is 19.3. The molecule has 0 N–H and O–H groups in total. The van der Waals surface area contributed by atoms with Gasteiger partial charge in [0, 0.05) is 0 Å². The summed E-state index contributed by atoms with van der Waals surface area (Å²) in [5.74, 6) is 1.26. The van der Waals surface area contributed by atoms with Crippen LogP contribution in [0, 0.1) is 17.8 Å². The molecule has 0 bridgehead atoms. The molecular formula is C11H20F2O. The summed E-state index contributed by atoms with van der Waals surface area (Å²) < 4.78 is 29.0. The molecule has 0 spiro atoms. The summed E-state index contributed by atoms with van der Waals surface area (Å²) in [5.41, 5.74) is 0. The van der Waals surface area contributed by atoms with Gasteiger partial charge in [0.2, 0.25) is 0 Å². The third kappa shape index (κ3) is 3.19. The van der Waals surface area contributed by atoms with Crippen LogP contribution in [0.4, 0.5) is 8.78 Å². The fourth-order valence-corrected chi connectivity index (χ4v) is 2.40. The Kier molecular flexibility index (Phi) is 4.30. The molecule has 1 nitrogen and oxygen atoms in total. The maximum atomic E-state index is 12.2. The topological polar surface area (TPSA) is 9.23 Å². The van der Waals surface area contributed by atoms with Gasteiger partial charge in [-0.05, 0) is 30.6 Å². The quantitative estimate of drug-likeness (QED) is 0.684. The van der Waals surface area contributed by atoms with Gasteiger partial charge in [0.05, 0.1) is 6.10 Å². The molecule has 1 aliphatic carbocycles. The molecule has 1 saturated carbocycles. The molecule has 0 aromatic carbocycles. The van der Waals surface area contributed by atoms with Crippen molar-refractivity contribution in [2.45, 2.75) is 52.7 Å². The van der Waals surface area contributed by atoms with Crippen molar-refractivity contribution in [1.82, 2.24) is 0 Å². The molecule has 3 heteroatoms. The zero-order chi connectivity index (χ0) is 10.7. The van der Waals surface area contributed by atoms with E-state index in [4.69, 9.17) is 4.74 Å². The van der Waals surface area contributed by atoms with Crippen molar-refractivity contribution in [2.24, 2.45) is 17.8 Å². The van der Waals surface area contributed by atoms with E-state index in [1.165, 1.54) is 0 Å². The van der Waals surface area contributed by atoms with Gasteiger partial charge in [0.1, 0.15) is 0 Å². The largest absolute Gasteiger partial charge is 0.345 e. The number of ether oxygens (including phenoxy) is 1. The van der Waals surface area contributed by atoms with E-state index in [-0.39, 0.29) is 6.10 Å². The highest BCUT2D eigenvalue weighted by molar-refractivity contribution is 4.81. The Morgan fingerprint density at radius 1 is 1.21 bits per heavy atom. The van der Waals surface area contributed by atoms with Crippen LogP contribution >= 0.6 is 0 Å². The third-order valence-corrected chi connectivity index (χ3v) is 3.24. The molecule has 1 rings (SSSR count). The van der Waals surface area contributed by atoms with Gasteiger partial charge in [-0.15, -0.1) is 0 Å². The van der Waals surface area contributed by atoms with E-state index in [1.54, 1.807) is 0 Å². The smallest absolute Gasteiger partial charge is 0.319 e. The Balaban J connectivity index is 2.54. The molecule has 1 fully saturated rings. The number of hydrogen-bond acceptors (Lipinski definition) is 1. The second kappa shape index (κ2) is 5.06. The lowest BCUT2D eigenvalue weighted by atomic mass is 9.75. The molecule has 0 aromatic heterocycles. The third-order valence-electron chi connectivity index (χ3n) is 3.24. The lowest BCUT2D eigenvalue weighted by Crippen LogP contribution is -2.35. The van der Waals surface area contributed by atoms with Crippen LogP contribution in [0.15, 0.2) is 0 Å². The Hall–Kier alpha value is -0.180. The first-order valence-electron chi connectivity index (χ1n) is 5.44. The van der Waals surface area contributed by atoms with E-state index in [1.807, 2.05) is 0 Å². The first kappa shape index (κ1) is 11.9. The molecule has 0 unspecified atom stereocenters. The van der Waals surface area contributed by atoms with Crippen molar-refractivity contribution >= 4 is 0 Å². The Labute approximate surface area is 84.8 Å². The van der Waals surface area contributed by atoms with E-state index >= 15 is 0 Å². The van der Waals surface area contributed by atoms with Gasteiger partial charge >= 0.3 is 6.61 Å². The summed E-state index contributed by atoms with van der Waals surface area (Å²) in [6.07, 6.45) is 2.72. The van der Waals surface area contributed by atoms with Crippen LogP contribution in [0.1, 0.15) is 40.0 Å². The zero-order valence-corrected chi connectivity index (χ0v) is 9.17. The molecule has 0 radical (unpaired) electrons. The van der Waals surface area contributed by atoms with Crippen LogP contribution in [0.5, 0.6) is 0 Å². The molecule has 0 saturated heterocycles. The monoisotopic (exact) mass is 206 g/mol. The SMILES string of the molecule is CC(C)[C@@H]1CC[C@@H](C)C[C@H]1OC(F)F. The van der Waals surface area contributed by atoms with Crippen molar-refractivity contribution in [1.29, 1.82) is 0 Å². The Morgan fingerprint density at radius 2 is 1.86 bits per heavy atom. The number of halogens is 2. The Bertz CT molecular complexity index is 169. The van der Waals surface area contributed by atoms with E-state index in [0.29, 0.717) is 17.8 Å². The van der Waals surface area contributed by atoms with Crippen LogP contribution in [0.3, 0.4) is 0 Å². The maximum Gasteiger partial charge on any atom is 0.345 e. The molecule has 3 atom stereocenters. The lowest BCUT2D eigenvalue weighted by molar-refractivity contribution is -0.191. The van der Waals surface area contributed by atoms with Gasteiger partial charge < -0.3 is 4.74 Å². The fourth-order valence-electron chi connectivity index (χ4n) is 2.40. The van der Waals surface area contributed by atoms with Crippen LogP contribution in [0.25, 0.3) is 0 Å². The summed E-state index contributed by atoms with van der Waals surface area (Å²) in [4.78, 5) is 0. The number of rotatable bonds is 3. The van der Waals surface area contributed by atoms with Crippen molar-refractivity contribution in [3.05, 3.63) is 0 Å². The number of hydrogen-bond donors (Lipinski definition) is 0. The second-order valence-electron chi connectivity index (χ2n) is 4.76. The molecule has 0 aliphatic heterocycles. The van der Waals surface area contributed by atoms with Crippen molar-refractivity contribution < 1.29 is 13.5 Å². The van der Waals surface area contributed by atoms with Crippen molar-refractivity contribution in [3.8, 4) is 0 Å². The summed E-state index contributed by atoms with van der Waals surface area (Å²) in [6.45, 7) is 3.66. The predicted molar refractivity (Wildman–Crippen MR) is 52.2 cm³/mol. The molecule has 84 valence electrons. The summed E-state index contributed by atoms with van der Waals surface area (Å²) in [6, 6.07) is 0. The second-order valence-corrected chi connectivity index (χ2v) is 4.76. The van der Waals surface area contributed by atoms with Crippen LogP contribution in [0.2, 0.25) is 0 Å². The standard InChI is InChI=1S/C11H20F2O/c1-7(2)9-5-4-8(3)6-10(9)14-11(12)13/h7-11H,4-6H2,1-3H3/t8-,9+,10-/m1/s1. The van der Waals surface area contributed by atoms with E-state index in [9.17, 15) is 8.78 Å². The molecule has 0 heterocycles. The zero-order valence-electron chi connectivity index (χ0n) is 9.17. The minimum atomic E-state index is -2.62. The van der Waals surface area contributed by atoms with Gasteiger partial charge in [-0.2, -0.15) is 8.78 Å². The van der Waals surface area contributed by atoms with Gasteiger partial charge in [-0.1, -0.05) is 27.2 Å². The van der Waals surface area contributed by atoms with Crippen LogP contribution in [-0.4, -0.2) is 12.7 Å². The fraction of sp³-hybridized carbons (Fsp3) is 1.00. The highest BCUT2D eigenvalue weighted by Gasteiger charge is 2.32. The Morgan fingerprint density at radius 3 is 2.36 bits per heavy atom. The van der Waals surface area contributed by atoms with Crippen LogP contribution in [-0.2, 0) is 4.74 Å². The normalized spacial score (nSPS) is 34.1. The highest BCUT2D eigenvalue weighted by Crippen LogP contribution is 2.35. The van der Waals surface area contributed by atoms with Gasteiger partial charge in [0.25, 0.3) is 0 Å². The molecule has 1 aliphatic rings. The van der Waals surface area contributed by atoms with Gasteiger partial charge in [-0.25, -0.2) is 0 Å². The van der Waals surface area contributed by atoms with Gasteiger partial charge in [0.15, 0.2) is 0 Å². The van der Waals surface area contributed by atoms with Crippen molar-refractivity contribution in [2.75, 3.05) is 0 Å². The van der Waals surface area contributed by atoms with Crippen molar-refractivity contribution in [3.63, 3.8) is 0 Å². The van der Waals surface area contributed by atoms with E-state index in [0.717, 1.165) is 19.3 Å². The minimum Gasteiger partial charge on any atom is -0.319 e. The molecule has 0 aromatic rings. The minimum absolute atomic E-state index is 0.237. The van der Waals surface area contributed by atoms with E-state index < -0.39 is 6.61 Å². The average molecular weight is 206 g/mol. The maximum absolute atomic E-state index is 12.2. The average Bonchev–Trinajstić information content (AvgIpc) is 2.01. The van der Waals surface area contributed by atoms with Gasteiger partial charge in [-0.3, -0.25) is 0 Å². The van der Waals surface area contributed by atoms with E-state index in [2.05, 4.69) is 20.8 Å². The molecule has 0 amide bonds. The first-order valence-corrected chi connectivity index (χ1v) is 5.44. The summed E-state index contributed by atoms with van der Waals surface area (Å²) >= 11 is 0. The molecule has 14 heavy (non-hydrogen) atoms. The number of alkyl halides is 2. The molecular weight excluding hydrogens is 186 g/mol. The summed E-state index contributed by atoms with van der Waals surface area (Å²) in [7, 11) is 0. The first-order chi connectivity index (χ1) is 6.50.